The van der Waals surface area contributed by atoms with Crippen LogP contribution in [-0.2, 0) is 9.53 Å². The lowest BCUT2D eigenvalue weighted by Gasteiger charge is -2.28. The summed E-state index contributed by atoms with van der Waals surface area (Å²) in [4.78, 5) is 16.1. The molecule has 5 heteroatoms. The van der Waals surface area contributed by atoms with Crippen molar-refractivity contribution in [2.75, 3.05) is 0 Å². The van der Waals surface area contributed by atoms with E-state index in [2.05, 4.69) is 16.4 Å². The fraction of sp³-hybridized carbons (Fsp3) is 0.529. The van der Waals surface area contributed by atoms with E-state index >= 15 is 0 Å². The second-order valence-electron chi connectivity index (χ2n) is 5.99. The van der Waals surface area contributed by atoms with E-state index in [0.29, 0.717) is 17.6 Å². The molecule has 2 aliphatic rings. The fourth-order valence-electron chi connectivity index (χ4n) is 3.11. The van der Waals surface area contributed by atoms with Gasteiger partial charge in [-0.25, -0.2) is 0 Å². The van der Waals surface area contributed by atoms with Crippen LogP contribution >= 0.6 is 0 Å². The molecule has 1 aromatic rings. The molecule has 1 aromatic carbocycles. The lowest BCUT2D eigenvalue weighted by atomic mass is 9.97. The monoisotopic (exact) mass is 300 g/mol. The highest BCUT2D eigenvalue weighted by atomic mass is 16.5. The standard InChI is InChI=1S/C17H22N3O2/c18-16(21)15-13-10-6-7-11-14(13)20-17(22-15)19-12-8-4-2-1-3-5-9-12/h7,10-12,15H,1-5,8-9H2,(H2,18,21)(H,19,20). The highest BCUT2D eigenvalue weighted by Crippen LogP contribution is 2.32. The van der Waals surface area contributed by atoms with Gasteiger partial charge in [0.15, 0.2) is 0 Å². The van der Waals surface area contributed by atoms with E-state index in [0.717, 1.165) is 18.5 Å². The van der Waals surface area contributed by atoms with Crippen molar-refractivity contribution in [2.24, 2.45) is 10.7 Å². The number of hydrogen-bond acceptors (Lipinski definition) is 4. The molecule has 1 saturated carbocycles. The van der Waals surface area contributed by atoms with Gasteiger partial charge >= 0.3 is 0 Å². The third-order valence-electron chi connectivity index (χ3n) is 4.30. The lowest BCUT2D eigenvalue weighted by molar-refractivity contribution is -0.125. The molecule has 1 radical (unpaired) electrons. The summed E-state index contributed by atoms with van der Waals surface area (Å²) in [7, 11) is 0. The Balaban J connectivity index is 1.76. The summed E-state index contributed by atoms with van der Waals surface area (Å²) in [6.45, 7) is 0. The number of amidine groups is 1. The summed E-state index contributed by atoms with van der Waals surface area (Å²) in [5.41, 5.74) is 6.87. The lowest BCUT2D eigenvalue weighted by Crippen LogP contribution is -2.40. The number of hydrogen-bond donors (Lipinski definition) is 2. The van der Waals surface area contributed by atoms with Gasteiger partial charge in [-0.3, -0.25) is 4.79 Å². The third-order valence-corrected chi connectivity index (χ3v) is 4.30. The first kappa shape index (κ1) is 14.9. The van der Waals surface area contributed by atoms with Gasteiger partial charge in [-0.15, -0.1) is 0 Å². The number of carbonyl (C=O) groups excluding carboxylic acids is 1. The minimum atomic E-state index is -0.791. The van der Waals surface area contributed by atoms with Crippen LogP contribution in [0.3, 0.4) is 0 Å². The molecule has 1 aliphatic carbocycles. The molecule has 1 fully saturated rings. The van der Waals surface area contributed by atoms with Gasteiger partial charge < -0.3 is 15.8 Å². The molecule has 1 amide bonds. The SMILES string of the molecule is NC(=O)C1OC(NC2CCCCCCC2)=Nc2cc[c]cc21. The molecule has 3 rings (SSSR count). The number of nitrogens with zero attached hydrogens (tertiary/aromatic N) is 1. The molecule has 1 heterocycles. The van der Waals surface area contributed by atoms with Crippen molar-refractivity contribution < 1.29 is 9.53 Å². The van der Waals surface area contributed by atoms with E-state index in [4.69, 9.17) is 10.5 Å². The number of nitrogens with two attached hydrogens (primary N) is 1. The molecular weight excluding hydrogens is 278 g/mol. The highest BCUT2D eigenvalue weighted by Gasteiger charge is 2.29. The minimum Gasteiger partial charge on any atom is -0.447 e. The molecule has 1 atom stereocenters. The summed E-state index contributed by atoms with van der Waals surface area (Å²) in [5.74, 6) is -0.507. The van der Waals surface area contributed by atoms with Gasteiger partial charge in [0, 0.05) is 11.6 Å². The van der Waals surface area contributed by atoms with E-state index in [-0.39, 0.29) is 0 Å². The van der Waals surface area contributed by atoms with Gasteiger partial charge in [0.2, 0.25) is 6.10 Å². The van der Waals surface area contributed by atoms with Crippen LogP contribution in [0.2, 0.25) is 0 Å². The van der Waals surface area contributed by atoms with Crippen LogP contribution in [0.5, 0.6) is 0 Å². The van der Waals surface area contributed by atoms with Gasteiger partial charge in [0.1, 0.15) is 0 Å². The van der Waals surface area contributed by atoms with E-state index in [9.17, 15) is 4.79 Å². The number of primary amides is 1. The molecule has 1 aliphatic heterocycles. The first-order valence-corrected chi connectivity index (χ1v) is 8.05. The Labute approximate surface area is 130 Å². The molecule has 0 saturated heterocycles. The topological polar surface area (TPSA) is 76.7 Å². The van der Waals surface area contributed by atoms with Crippen LogP contribution in [-0.4, -0.2) is 18.0 Å². The first-order chi connectivity index (χ1) is 10.7. The Morgan fingerprint density at radius 2 is 2.00 bits per heavy atom. The zero-order valence-corrected chi connectivity index (χ0v) is 12.7. The molecule has 117 valence electrons. The van der Waals surface area contributed by atoms with Gasteiger partial charge in [-0.05, 0) is 31.0 Å². The maximum absolute atomic E-state index is 11.7. The quantitative estimate of drug-likeness (QED) is 0.881. The molecule has 1 unspecified atom stereocenters. The molecule has 0 bridgehead atoms. The number of aliphatic imine (C=N–C) groups is 1. The maximum atomic E-state index is 11.7. The van der Waals surface area contributed by atoms with Gasteiger partial charge in [-0.2, -0.15) is 4.99 Å². The van der Waals surface area contributed by atoms with Gasteiger partial charge in [-0.1, -0.05) is 38.2 Å². The van der Waals surface area contributed by atoms with Crippen LogP contribution in [0.1, 0.15) is 56.6 Å². The van der Waals surface area contributed by atoms with Crippen molar-refractivity contribution in [2.45, 2.75) is 57.1 Å². The molecule has 5 nitrogen and oxygen atoms in total. The van der Waals surface area contributed by atoms with E-state index in [1.807, 2.05) is 6.07 Å². The molecule has 0 aromatic heterocycles. The zero-order valence-electron chi connectivity index (χ0n) is 12.7. The Bertz CT molecular complexity index is 563. The van der Waals surface area contributed by atoms with Crippen molar-refractivity contribution >= 4 is 17.6 Å². The zero-order chi connectivity index (χ0) is 15.4. The predicted molar refractivity (Wildman–Crippen MR) is 84.6 cm³/mol. The first-order valence-electron chi connectivity index (χ1n) is 8.05. The second-order valence-corrected chi connectivity index (χ2v) is 5.99. The number of nitrogens with one attached hydrogen (secondary N) is 1. The highest BCUT2D eigenvalue weighted by molar-refractivity contribution is 5.89. The number of amides is 1. The van der Waals surface area contributed by atoms with Crippen molar-refractivity contribution in [3.8, 4) is 0 Å². The predicted octanol–water partition coefficient (Wildman–Crippen LogP) is 2.73. The molecule has 22 heavy (non-hydrogen) atoms. The minimum absolute atomic E-state index is 0.351. The molecule has 0 spiro atoms. The number of ether oxygens (including phenoxy) is 1. The van der Waals surface area contributed by atoms with Gasteiger partial charge in [0.25, 0.3) is 11.9 Å². The summed E-state index contributed by atoms with van der Waals surface area (Å²) in [5, 5.41) is 3.36. The smallest absolute Gasteiger partial charge is 0.291 e. The number of fused-ring (bicyclic) bond motifs is 1. The van der Waals surface area contributed by atoms with Gasteiger partial charge in [0.05, 0.1) is 5.69 Å². The largest absolute Gasteiger partial charge is 0.447 e. The number of carbonyl (C=O) groups is 1. The Morgan fingerprint density at radius 1 is 1.27 bits per heavy atom. The number of benzene rings is 1. The molecule has 3 N–H and O–H groups in total. The molecular formula is C17H22N3O2. The van der Waals surface area contributed by atoms with Crippen molar-refractivity contribution in [1.29, 1.82) is 0 Å². The van der Waals surface area contributed by atoms with E-state index in [1.165, 1.54) is 32.1 Å². The average molecular weight is 300 g/mol. The normalized spacial score (nSPS) is 22.5. The Kier molecular flexibility index (Phi) is 4.61. The summed E-state index contributed by atoms with van der Waals surface area (Å²) in [6, 6.07) is 9.01. The average Bonchev–Trinajstić information content (AvgIpc) is 2.49. The maximum Gasteiger partial charge on any atom is 0.291 e. The summed E-state index contributed by atoms with van der Waals surface area (Å²) >= 11 is 0. The number of rotatable bonds is 2. The van der Waals surface area contributed by atoms with Crippen LogP contribution in [0, 0.1) is 6.07 Å². The van der Waals surface area contributed by atoms with E-state index in [1.54, 1.807) is 12.1 Å². The fourth-order valence-corrected chi connectivity index (χ4v) is 3.11. The Morgan fingerprint density at radius 3 is 2.73 bits per heavy atom. The van der Waals surface area contributed by atoms with Crippen molar-refractivity contribution in [3.63, 3.8) is 0 Å². The van der Waals surface area contributed by atoms with Crippen molar-refractivity contribution in [1.82, 2.24) is 5.32 Å². The van der Waals surface area contributed by atoms with Crippen LogP contribution in [0.4, 0.5) is 5.69 Å². The second kappa shape index (κ2) is 6.81. The van der Waals surface area contributed by atoms with E-state index < -0.39 is 12.0 Å². The van der Waals surface area contributed by atoms with Crippen LogP contribution < -0.4 is 11.1 Å². The van der Waals surface area contributed by atoms with Crippen LogP contribution in [0.15, 0.2) is 23.2 Å². The third kappa shape index (κ3) is 3.40. The Hall–Kier alpha value is -2.04. The summed E-state index contributed by atoms with van der Waals surface area (Å²) < 4.78 is 5.69. The summed E-state index contributed by atoms with van der Waals surface area (Å²) in [6.07, 6.45) is 7.77. The van der Waals surface area contributed by atoms with Crippen molar-refractivity contribution in [3.05, 3.63) is 29.8 Å². The van der Waals surface area contributed by atoms with Crippen LogP contribution in [0.25, 0.3) is 0 Å².